The average Bonchev–Trinajstić information content (AvgIpc) is 2.82. The van der Waals surface area contributed by atoms with Gasteiger partial charge in [0.25, 0.3) is 0 Å². The van der Waals surface area contributed by atoms with Crippen LogP contribution in [0.3, 0.4) is 0 Å². The first-order valence-electron chi connectivity index (χ1n) is 11.7. The molecule has 0 saturated carbocycles. The summed E-state index contributed by atoms with van der Waals surface area (Å²) >= 11 is 6.07. The molecule has 0 bridgehead atoms. The maximum absolute atomic E-state index is 13.7. The number of esters is 1. The van der Waals surface area contributed by atoms with Gasteiger partial charge in [-0.05, 0) is 56.9 Å². The molecule has 0 radical (unpaired) electrons. The smallest absolute Gasteiger partial charge is 0.337 e. The van der Waals surface area contributed by atoms with Gasteiger partial charge >= 0.3 is 5.97 Å². The highest BCUT2D eigenvalue weighted by molar-refractivity contribution is 6.30. The Hall–Kier alpha value is -3.25. The molecule has 184 valence electrons. The molecule has 4 rings (SSSR count). The van der Waals surface area contributed by atoms with Crippen molar-refractivity contribution < 1.29 is 23.8 Å². The summed E-state index contributed by atoms with van der Waals surface area (Å²) in [5.41, 5.74) is 4.26. The molecular weight excluding hydrogens is 466 g/mol. The van der Waals surface area contributed by atoms with Gasteiger partial charge in [-0.15, -0.1) is 0 Å². The molecule has 2 aromatic rings. The SMILES string of the molecule is COc1ccc([C@H]2C(C(=O)OC(C)C)=C(C)NC3=C2C(=O)C[C@@H](c2ccc(Cl)cc2)C3)c(OC)c1. The van der Waals surface area contributed by atoms with Gasteiger partial charge in [0.15, 0.2) is 5.78 Å². The molecule has 2 aliphatic rings. The summed E-state index contributed by atoms with van der Waals surface area (Å²) in [6, 6.07) is 13.0. The van der Waals surface area contributed by atoms with Crippen LogP contribution in [0.1, 0.15) is 56.6 Å². The number of benzene rings is 2. The number of carbonyl (C=O) groups is 2. The second kappa shape index (κ2) is 10.2. The van der Waals surface area contributed by atoms with Crippen LogP contribution in [-0.4, -0.2) is 32.1 Å². The predicted octanol–water partition coefficient (Wildman–Crippen LogP) is 5.67. The van der Waals surface area contributed by atoms with Crippen molar-refractivity contribution in [2.45, 2.75) is 51.6 Å². The minimum absolute atomic E-state index is 0.0103. The van der Waals surface area contributed by atoms with Crippen molar-refractivity contribution in [3.05, 3.63) is 81.2 Å². The molecule has 0 aromatic heterocycles. The van der Waals surface area contributed by atoms with Gasteiger partial charge in [-0.3, -0.25) is 4.79 Å². The minimum Gasteiger partial charge on any atom is -0.497 e. The van der Waals surface area contributed by atoms with Crippen LogP contribution in [0.2, 0.25) is 5.02 Å². The third kappa shape index (κ3) is 4.94. The van der Waals surface area contributed by atoms with E-state index in [1.165, 1.54) is 0 Å². The maximum Gasteiger partial charge on any atom is 0.337 e. The van der Waals surface area contributed by atoms with Gasteiger partial charge < -0.3 is 19.5 Å². The van der Waals surface area contributed by atoms with E-state index in [-0.39, 0.29) is 17.8 Å². The van der Waals surface area contributed by atoms with Crippen molar-refractivity contribution in [3.8, 4) is 11.5 Å². The Kier molecular flexibility index (Phi) is 7.22. The second-order valence-corrected chi connectivity index (χ2v) is 9.57. The highest BCUT2D eigenvalue weighted by Crippen LogP contribution is 2.48. The number of rotatable bonds is 6. The van der Waals surface area contributed by atoms with Crippen molar-refractivity contribution in [1.29, 1.82) is 0 Å². The fourth-order valence-electron chi connectivity index (χ4n) is 4.93. The fraction of sp³-hybridized carbons (Fsp3) is 0.357. The molecule has 6 nitrogen and oxygen atoms in total. The summed E-state index contributed by atoms with van der Waals surface area (Å²) in [6.07, 6.45) is 0.678. The lowest BCUT2D eigenvalue weighted by Gasteiger charge is -2.37. The molecule has 0 unspecified atom stereocenters. The molecule has 0 amide bonds. The van der Waals surface area contributed by atoms with Gasteiger partial charge in [-0.25, -0.2) is 4.79 Å². The number of methoxy groups -OCH3 is 2. The molecule has 1 aliphatic carbocycles. The quantitative estimate of drug-likeness (QED) is 0.520. The largest absolute Gasteiger partial charge is 0.497 e. The van der Waals surface area contributed by atoms with Crippen molar-refractivity contribution >= 4 is 23.4 Å². The van der Waals surface area contributed by atoms with Gasteiger partial charge in [0.05, 0.1) is 31.8 Å². The van der Waals surface area contributed by atoms with Crippen LogP contribution in [0, 0.1) is 0 Å². The van der Waals surface area contributed by atoms with Crippen LogP contribution in [-0.2, 0) is 14.3 Å². The monoisotopic (exact) mass is 495 g/mol. The van der Waals surface area contributed by atoms with E-state index in [4.69, 9.17) is 25.8 Å². The number of ketones is 1. The summed E-state index contributed by atoms with van der Waals surface area (Å²) < 4.78 is 16.6. The Bertz CT molecular complexity index is 1210. The highest BCUT2D eigenvalue weighted by atomic mass is 35.5. The number of nitrogens with one attached hydrogen (secondary N) is 1. The first kappa shape index (κ1) is 24.9. The molecule has 0 spiro atoms. The van der Waals surface area contributed by atoms with Crippen molar-refractivity contribution in [2.24, 2.45) is 0 Å². The van der Waals surface area contributed by atoms with Gasteiger partial charge in [-0.1, -0.05) is 29.8 Å². The molecule has 1 heterocycles. The average molecular weight is 496 g/mol. The number of hydrogen-bond acceptors (Lipinski definition) is 6. The summed E-state index contributed by atoms with van der Waals surface area (Å²) in [5.74, 6) is 0.103. The first-order chi connectivity index (χ1) is 16.7. The van der Waals surface area contributed by atoms with Crippen LogP contribution in [0.5, 0.6) is 11.5 Å². The van der Waals surface area contributed by atoms with Crippen LogP contribution in [0.25, 0.3) is 0 Å². The molecule has 1 N–H and O–H groups in total. The Morgan fingerprint density at radius 2 is 1.77 bits per heavy atom. The third-order valence-corrected chi connectivity index (χ3v) is 6.74. The van der Waals surface area contributed by atoms with Gasteiger partial charge in [0, 0.05) is 40.0 Å². The van der Waals surface area contributed by atoms with Gasteiger partial charge in [-0.2, -0.15) is 0 Å². The molecular formula is C28H30ClNO5. The van der Waals surface area contributed by atoms with Crippen LogP contribution in [0.15, 0.2) is 65.0 Å². The Balaban J connectivity index is 1.84. The molecule has 0 saturated heterocycles. The van der Waals surface area contributed by atoms with E-state index < -0.39 is 11.9 Å². The predicted molar refractivity (Wildman–Crippen MR) is 135 cm³/mol. The van der Waals surface area contributed by atoms with E-state index in [9.17, 15) is 9.59 Å². The number of hydrogen-bond donors (Lipinski definition) is 1. The van der Waals surface area contributed by atoms with Crippen molar-refractivity contribution in [2.75, 3.05) is 14.2 Å². The Morgan fingerprint density at radius 3 is 2.40 bits per heavy atom. The lowest BCUT2D eigenvalue weighted by Crippen LogP contribution is -2.36. The zero-order chi connectivity index (χ0) is 25.3. The van der Waals surface area contributed by atoms with Crippen LogP contribution in [0.4, 0.5) is 0 Å². The van der Waals surface area contributed by atoms with E-state index in [0.29, 0.717) is 46.2 Å². The molecule has 0 fully saturated rings. The number of allylic oxidation sites excluding steroid dienone is 3. The Labute approximate surface area is 210 Å². The van der Waals surface area contributed by atoms with E-state index in [1.54, 1.807) is 34.1 Å². The molecule has 1 aliphatic heterocycles. The van der Waals surface area contributed by atoms with Crippen molar-refractivity contribution in [3.63, 3.8) is 0 Å². The maximum atomic E-state index is 13.7. The molecule has 2 atom stereocenters. The minimum atomic E-state index is -0.614. The van der Waals surface area contributed by atoms with E-state index in [2.05, 4.69) is 5.32 Å². The molecule has 2 aromatic carbocycles. The lowest BCUT2D eigenvalue weighted by atomic mass is 9.71. The number of Topliss-reactive ketones (excluding diaryl/α,β-unsaturated/α-hetero) is 1. The number of carbonyl (C=O) groups excluding carboxylic acids is 2. The van der Waals surface area contributed by atoms with Gasteiger partial charge in [0.1, 0.15) is 11.5 Å². The fourth-order valence-corrected chi connectivity index (χ4v) is 5.05. The number of ether oxygens (including phenoxy) is 3. The Morgan fingerprint density at radius 1 is 1.06 bits per heavy atom. The number of dihydropyridines is 1. The van der Waals surface area contributed by atoms with Crippen LogP contribution >= 0.6 is 11.6 Å². The summed E-state index contributed by atoms with van der Waals surface area (Å²) in [4.78, 5) is 27.0. The second-order valence-electron chi connectivity index (χ2n) is 9.13. The third-order valence-electron chi connectivity index (χ3n) is 6.48. The van der Waals surface area contributed by atoms with E-state index in [1.807, 2.05) is 43.3 Å². The zero-order valence-electron chi connectivity index (χ0n) is 20.6. The highest BCUT2D eigenvalue weighted by Gasteiger charge is 2.42. The van der Waals surface area contributed by atoms with Crippen LogP contribution < -0.4 is 14.8 Å². The summed E-state index contributed by atoms with van der Waals surface area (Å²) in [7, 11) is 3.15. The normalized spacial score (nSPS) is 19.9. The summed E-state index contributed by atoms with van der Waals surface area (Å²) in [6.45, 7) is 5.46. The topological polar surface area (TPSA) is 73.9 Å². The first-order valence-corrected chi connectivity index (χ1v) is 12.0. The standard InChI is InChI=1S/C28H30ClNO5/c1-15(2)35-28(32)25-16(3)30-22-12-18(17-6-8-19(29)9-7-17)13-23(31)27(22)26(25)21-11-10-20(33-4)14-24(21)34-5/h6-11,14-15,18,26,30H,12-13H2,1-5H3/t18-,26-/m0/s1. The van der Waals surface area contributed by atoms with E-state index >= 15 is 0 Å². The van der Waals surface area contributed by atoms with E-state index in [0.717, 1.165) is 16.8 Å². The summed E-state index contributed by atoms with van der Waals surface area (Å²) in [5, 5.41) is 4.03. The zero-order valence-corrected chi connectivity index (χ0v) is 21.4. The van der Waals surface area contributed by atoms with Gasteiger partial charge in [0.2, 0.25) is 0 Å². The molecule has 35 heavy (non-hydrogen) atoms. The van der Waals surface area contributed by atoms with Crippen molar-refractivity contribution in [1.82, 2.24) is 5.32 Å². The number of halogens is 1. The lowest BCUT2D eigenvalue weighted by molar-refractivity contribution is -0.143. The molecule has 7 heteroatoms.